The lowest BCUT2D eigenvalue weighted by atomic mass is 10.6. The maximum atomic E-state index is 8.46. The van der Waals surface area contributed by atoms with Crippen LogP contribution in [0.15, 0.2) is 6.20 Å². The second kappa shape index (κ2) is 2.44. The van der Waals surface area contributed by atoms with Gasteiger partial charge in [-0.2, -0.15) is 0 Å². The Kier molecular flexibility index (Phi) is 1.83. The van der Waals surface area contributed by atoms with Crippen LogP contribution in [-0.4, -0.2) is 10.1 Å². The number of rotatable bonds is 1. The summed E-state index contributed by atoms with van der Waals surface area (Å²) < 4.78 is 0.481. The van der Waals surface area contributed by atoms with E-state index >= 15 is 0 Å². The number of nitrogens with zero attached hydrogens (tertiary/aromatic N) is 1. The first-order valence-electron chi connectivity index (χ1n) is 2.04. The smallest absolute Gasteiger partial charge is 0.183 e. The molecule has 0 amide bonds. The summed E-state index contributed by atoms with van der Waals surface area (Å²) in [6, 6.07) is 0. The predicted molar refractivity (Wildman–Crippen MR) is 33.0 cm³/mol. The molecule has 8 heavy (non-hydrogen) atoms. The van der Waals surface area contributed by atoms with Gasteiger partial charge in [-0.15, -0.1) is 11.3 Å². The summed E-state index contributed by atoms with van der Waals surface area (Å²) in [5.41, 5.74) is 0. The van der Waals surface area contributed by atoms with Gasteiger partial charge in [-0.05, 0) is 0 Å². The van der Waals surface area contributed by atoms with Crippen LogP contribution in [0.4, 0.5) is 0 Å². The van der Waals surface area contributed by atoms with Crippen LogP contribution < -0.4 is 0 Å². The third kappa shape index (κ3) is 1.18. The van der Waals surface area contributed by atoms with Crippen LogP contribution in [0.2, 0.25) is 4.47 Å². The van der Waals surface area contributed by atoms with Gasteiger partial charge < -0.3 is 5.11 Å². The summed E-state index contributed by atoms with van der Waals surface area (Å²) in [7, 11) is 0. The van der Waals surface area contributed by atoms with Gasteiger partial charge in [-0.1, -0.05) is 11.6 Å². The molecule has 1 rings (SSSR count). The van der Waals surface area contributed by atoms with Gasteiger partial charge in [0.1, 0.15) is 0 Å². The lowest BCUT2D eigenvalue weighted by Gasteiger charge is -1.77. The minimum absolute atomic E-state index is 0.0321. The fraction of sp³-hybridized carbons (Fsp3) is 0.250. The minimum Gasteiger partial charge on any atom is -0.391 e. The first-order valence-corrected chi connectivity index (χ1v) is 3.23. The zero-order valence-corrected chi connectivity index (χ0v) is 5.54. The van der Waals surface area contributed by atoms with Gasteiger partial charge in [0, 0.05) is 6.20 Å². The number of thiazole rings is 1. The van der Waals surface area contributed by atoms with Crippen LogP contribution >= 0.6 is 22.9 Å². The standard InChI is InChI=1S/C4H4ClNOS/c5-4-6-1-3(2-7)8-4/h1,7H,2H2. The van der Waals surface area contributed by atoms with Crippen molar-refractivity contribution in [1.82, 2.24) is 4.98 Å². The van der Waals surface area contributed by atoms with Gasteiger partial charge in [0.25, 0.3) is 0 Å². The van der Waals surface area contributed by atoms with E-state index in [2.05, 4.69) is 4.98 Å². The van der Waals surface area contributed by atoms with Crippen molar-refractivity contribution in [2.75, 3.05) is 0 Å². The molecule has 4 heteroatoms. The Balaban J connectivity index is 2.84. The largest absolute Gasteiger partial charge is 0.391 e. The zero-order valence-electron chi connectivity index (χ0n) is 3.97. The van der Waals surface area contributed by atoms with Crippen LogP contribution in [-0.2, 0) is 6.61 Å². The molecule has 0 aliphatic carbocycles. The molecule has 0 unspecified atom stereocenters. The first-order chi connectivity index (χ1) is 3.83. The molecular weight excluding hydrogens is 146 g/mol. The Morgan fingerprint density at radius 2 is 2.62 bits per heavy atom. The lowest BCUT2D eigenvalue weighted by molar-refractivity contribution is 0.285. The first kappa shape index (κ1) is 6.01. The van der Waals surface area contributed by atoms with Gasteiger partial charge in [-0.25, -0.2) is 4.98 Å². The van der Waals surface area contributed by atoms with E-state index < -0.39 is 0 Å². The van der Waals surface area contributed by atoms with Crippen molar-refractivity contribution in [3.8, 4) is 0 Å². The molecule has 0 fully saturated rings. The molecule has 0 atom stereocenters. The van der Waals surface area contributed by atoms with E-state index in [0.717, 1.165) is 4.88 Å². The Bertz CT molecular complexity index is 176. The molecule has 1 aromatic heterocycles. The quantitative estimate of drug-likeness (QED) is 0.653. The van der Waals surface area contributed by atoms with E-state index in [4.69, 9.17) is 16.7 Å². The highest BCUT2D eigenvalue weighted by molar-refractivity contribution is 7.15. The van der Waals surface area contributed by atoms with Gasteiger partial charge in [0.05, 0.1) is 11.5 Å². The van der Waals surface area contributed by atoms with Crippen LogP contribution in [0, 0.1) is 0 Å². The van der Waals surface area contributed by atoms with E-state index in [-0.39, 0.29) is 6.61 Å². The van der Waals surface area contributed by atoms with Gasteiger partial charge in [-0.3, -0.25) is 0 Å². The summed E-state index contributed by atoms with van der Waals surface area (Å²) in [4.78, 5) is 4.51. The monoisotopic (exact) mass is 149 g/mol. The molecule has 1 aromatic rings. The summed E-state index contributed by atoms with van der Waals surface area (Å²) in [5, 5.41) is 8.46. The Morgan fingerprint density at radius 1 is 1.88 bits per heavy atom. The van der Waals surface area contributed by atoms with Crippen LogP contribution in [0.5, 0.6) is 0 Å². The average molecular weight is 150 g/mol. The van der Waals surface area contributed by atoms with Gasteiger partial charge >= 0.3 is 0 Å². The third-order valence-corrected chi connectivity index (χ3v) is 1.78. The Morgan fingerprint density at radius 3 is 2.88 bits per heavy atom. The molecule has 0 radical (unpaired) electrons. The maximum absolute atomic E-state index is 8.46. The molecule has 0 bridgehead atoms. The number of halogens is 1. The highest BCUT2D eigenvalue weighted by Gasteiger charge is 1.94. The fourth-order valence-electron chi connectivity index (χ4n) is 0.357. The van der Waals surface area contributed by atoms with Crippen molar-refractivity contribution in [3.63, 3.8) is 0 Å². The van der Waals surface area contributed by atoms with Crippen LogP contribution in [0.3, 0.4) is 0 Å². The van der Waals surface area contributed by atoms with Crippen LogP contribution in [0.25, 0.3) is 0 Å². The maximum Gasteiger partial charge on any atom is 0.183 e. The molecule has 0 aliphatic heterocycles. The minimum atomic E-state index is 0.0321. The molecule has 1 heterocycles. The number of aromatic nitrogens is 1. The van der Waals surface area contributed by atoms with Crippen molar-refractivity contribution in [3.05, 3.63) is 15.5 Å². The summed E-state index contributed by atoms with van der Waals surface area (Å²) >= 11 is 6.73. The van der Waals surface area contributed by atoms with Crippen LogP contribution in [0.1, 0.15) is 4.88 Å². The number of aliphatic hydroxyl groups excluding tert-OH is 1. The van der Waals surface area contributed by atoms with Crippen molar-refractivity contribution < 1.29 is 5.11 Å². The highest BCUT2D eigenvalue weighted by Crippen LogP contribution is 2.16. The fourth-order valence-corrected chi connectivity index (χ4v) is 1.19. The normalized spacial score (nSPS) is 9.75. The number of hydrogen-bond donors (Lipinski definition) is 1. The van der Waals surface area contributed by atoms with Crippen molar-refractivity contribution in [1.29, 1.82) is 0 Å². The predicted octanol–water partition coefficient (Wildman–Crippen LogP) is 1.29. The molecule has 0 aliphatic rings. The summed E-state index contributed by atoms with van der Waals surface area (Å²) in [6.45, 7) is 0.0321. The Labute approximate surface area is 55.8 Å². The summed E-state index contributed by atoms with van der Waals surface area (Å²) in [5.74, 6) is 0. The molecular formula is C4H4ClNOS. The van der Waals surface area contributed by atoms with Crippen molar-refractivity contribution in [2.45, 2.75) is 6.61 Å². The lowest BCUT2D eigenvalue weighted by Crippen LogP contribution is -1.70. The van der Waals surface area contributed by atoms with E-state index in [0.29, 0.717) is 4.47 Å². The molecule has 0 saturated heterocycles. The average Bonchev–Trinajstić information content (AvgIpc) is 2.14. The SMILES string of the molecule is OCc1cnc(Cl)s1. The van der Waals surface area contributed by atoms with E-state index in [1.54, 1.807) is 6.20 Å². The number of hydrogen-bond acceptors (Lipinski definition) is 3. The number of aliphatic hydroxyl groups is 1. The second-order valence-electron chi connectivity index (χ2n) is 1.24. The third-order valence-electron chi connectivity index (χ3n) is 0.681. The van der Waals surface area contributed by atoms with E-state index in [9.17, 15) is 0 Å². The van der Waals surface area contributed by atoms with Crippen molar-refractivity contribution >= 4 is 22.9 Å². The van der Waals surface area contributed by atoms with Crippen molar-refractivity contribution in [2.24, 2.45) is 0 Å². The molecule has 0 aromatic carbocycles. The van der Waals surface area contributed by atoms with Gasteiger partial charge in [0.15, 0.2) is 4.47 Å². The molecule has 1 N–H and O–H groups in total. The molecule has 2 nitrogen and oxygen atoms in total. The molecule has 0 saturated carbocycles. The van der Waals surface area contributed by atoms with E-state index in [1.165, 1.54) is 11.3 Å². The Hall–Kier alpha value is -0.120. The second-order valence-corrected chi connectivity index (χ2v) is 2.93. The molecule has 44 valence electrons. The van der Waals surface area contributed by atoms with Gasteiger partial charge in [0.2, 0.25) is 0 Å². The van der Waals surface area contributed by atoms with E-state index in [1.807, 2.05) is 0 Å². The molecule has 0 spiro atoms. The highest BCUT2D eigenvalue weighted by atomic mass is 35.5. The zero-order chi connectivity index (χ0) is 5.98. The topological polar surface area (TPSA) is 33.1 Å². The summed E-state index contributed by atoms with van der Waals surface area (Å²) in [6.07, 6.45) is 1.56.